The minimum Gasteiger partial charge on any atom is -0.306 e. The molecule has 4 heterocycles. The van der Waals surface area contributed by atoms with Gasteiger partial charge in [0.25, 0.3) is 0 Å². The van der Waals surface area contributed by atoms with Crippen LogP contribution in [-0.4, -0.2) is 18.3 Å². The highest BCUT2D eigenvalue weighted by atomic mass is 15.1. The Bertz CT molecular complexity index is 4790. The van der Waals surface area contributed by atoms with Gasteiger partial charge in [-0.1, -0.05) is 123 Å². The maximum Gasteiger partial charge on any atom is 0.104 e. The van der Waals surface area contributed by atoms with Crippen molar-refractivity contribution in [3.05, 3.63) is 250 Å². The summed E-state index contributed by atoms with van der Waals surface area (Å²) in [6.07, 6.45) is 0. The first kappa shape index (κ1) is 48.8. The van der Waals surface area contributed by atoms with Gasteiger partial charge >= 0.3 is 0 Å². The average molecular weight is 1060 g/mol. The third kappa shape index (κ3) is 7.41. The van der Waals surface area contributed by atoms with Crippen LogP contribution in [0.2, 0.25) is 0 Å². The number of nitrogens with zero attached hydrogens (tertiary/aromatic N) is 7. The molecule has 7 heteroatoms. The Morgan fingerprint density at radius 3 is 0.780 bits per heavy atom. The number of benzene rings is 11. The molecule has 0 unspecified atom stereocenters. The van der Waals surface area contributed by atoms with E-state index in [0.717, 1.165) is 155 Å². The smallest absolute Gasteiger partial charge is 0.104 e. The highest BCUT2D eigenvalue weighted by Gasteiger charge is 2.35. The number of hydrogen-bond acceptors (Lipinski definition) is 3. The van der Waals surface area contributed by atoms with Crippen LogP contribution in [0.3, 0.4) is 0 Å². The first-order valence-corrected chi connectivity index (χ1v) is 28.2. The van der Waals surface area contributed by atoms with Crippen LogP contribution in [0.1, 0.15) is 50.1 Å². The molecule has 82 heavy (non-hydrogen) atoms. The second kappa shape index (κ2) is 18.4. The fourth-order valence-electron chi connectivity index (χ4n) is 13.2. The fourth-order valence-corrected chi connectivity index (χ4v) is 13.2. The van der Waals surface area contributed by atoms with E-state index in [4.69, 9.17) is 10.2 Å². The second-order valence-electron chi connectivity index (χ2n) is 22.8. The molecule has 0 saturated heterocycles. The number of hydrogen-bond donors (Lipinski definition) is 0. The molecule has 0 atom stereocenters. The second-order valence-corrected chi connectivity index (χ2v) is 22.8. The molecule has 0 radical (unpaired) electrons. The van der Waals surface area contributed by atoms with Gasteiger partial charge < -0.3 is 18.3 Å². The van der Waals surface area contributed by atoms with E-state index in [1.165, 1.54) is 22.3 Å². The lowest BCUT2D eigenvalue weighted by atomic mass is 9.93. The molecule has 0 saturated carbocycles. The molecule has 7 nitrogen and oxygen atoms in total. The van der Waals surface area contributed by atoms with Crippen molar-refractivity contribution in [1.29, 1.82) is 5.26 Å². The quantitative estimate of drug-likeness (QED) is 0.147. The summed E-state index contributed by atoms with van der Waals surface area (Å²) in [7, 11) is 0. The van der Waals surface area contributed by atoms with E-state index in [9.17, 15) is 5.26 Å². The van der Waals surface area contributed by atoms with Crippen molar-refractivity contribution >= 4 is 98.6 Å². The van der Waals surface area contributed by atoms with Crippen LogP contribution in [0.15, 0.2) is 210 Å². The Hall–Kier alpha value is -10.3. The summed E-state index contributed by atoms with van der Waals surface area (Å²) < 4.78 is 9.79. The minimum absolute atomic E-state index is 0.533. The predicted octanol–water partition coefficient (Wildman–Crippen LogP) is 20.5. The molecule has 0 amide bonds. The average Bonchev–Trinajstić information content (AvgIpc) is 2.41. The molecule has 0 N–H and O–H groups in total. The Morgan fingerprint density at radius 2 is 0.524 bits per heavy atom. The van der Waals surface area contributed by atoms with Gasteiger partial charge in [0.15, 0.2) is 0 Å². The monoisotopic (exact) mass is 1060 g/mol. The van der Waals surface area contributed by atoms with Crippen molar-refractivity contribution in [2.45, 2.75) is 55.4 Å². The zero-order chi connectivity index (χ0) is 55.8. The standard InChI is InChI=1S/C75H57N7/c1-43-14-26-63-54(34-43)55-35-44(2)15-27-64(55)79(63)72-62(42-76)73(80-65-28-16-45(3)36-56(65)57-37-46(4)17-29-66(57)80)75(82-69-32-20-49(7)40-60(69)61-41-50(8)21-33-70(61)82)71(51-22-24-53(25-23-51)78-77-52-12-10-9-11-13-52)74(72)81-67-30-18-47(5)38-58(67)59-39-48(6)19-31-68(59)81/h9-41H,1-8H3. The van der Waals surface area contributed by atoms with Crippen molar-refractivity contribution in [1.82, 2.24) is 18.3 Å². The predicted molar refractivity (Wildman–Crippen MR) is 342 cm³/mol. The Balaban J connectivity index is 1.27. The summed E-state index contributed by atoms with van der Waals surface area (Å²) in [6.45, 7) is 17.4. The molecule has 392 valence electrons. The van der Waals surface area contributed by atoms with Crippen LogP contribution < -0.4 is 0 Å². The highest BCUT2D eigenvalue weighted by Crippen LogP contribution is 2.52. The van der Waals surface area contributed by atoms with E-state index < -0.39 is 0 Å². The Labute approximate surface area is 475 Å². The number of fused-ring (bicyclic) bond motifs is 12. The third-order valence-electron chi connectivity index (χ3n) is 16.9. The molecule has 0 fully saturated rings. The van der Waals surface area contributed by atoms with Gasteiger partial charge in [0.2, 0.25) is 0 Å². The van der Waals surface area contributed by atoms with Gasteiger partial charge in [0, 0.05) is 48.7 Å². The number of azo groups is 1. The summed E-state index contributed by atoms with van der Waals surface area (Å²) in [6, 6.07) is 76.0. The van der Waals surface area contributed by atoms with Crippen LogP contribution in [-0.2, 0) is 0 Å². The molecule has 4 aromatic heterocycles. The van der Waals surface area contributed by atoms with E-state index in [-0.39, 0.29) is 0 Å². The SMILES string of the molecule is Cc1ccc2c(c1)c1cc(C)ccc1n2-c1c(C#N)c(-n2c3ccc(C)cc3c3cc(C)ccc32)c(-n2c3ccc(C)cc3c3cc(C)ccc32)c(-c2ccc(N=Nc3ccccc3)cc2)c1-n1c2ccc(C)cc2c2cc(C)ccc21. The van der Waals surface area contributed by atoms with Crippen LogP contribution in [0, 0.1) is 66.7 Å². The van der Waals surface area contributed by atoms with Gasteiger partial charge in [0.1, 0.15) is 11.6 Å². The van der Waals surface area contributed by atoms with Crippen molar-refractivity contribution in [2.24, 2.45) is 10.2 Å². The number of aryl methyl sites for hydroxylation is 8. The molecule has 0 aliphatic heterocycles. The van der Waals surface area contributed by atoms with Gasteiger partial charge in [-0.25, -0.2) is 0 Å². The van der Waals surface area contributed by atoms with E-state index in [2.05, 4.69) is 250 Å². The lowest BCUT2D eigenvalue weighted by Gasteiger charge is -2.29. The van der Waals surface area contributed by atoms with Crippen LogP contribution >= 0.6 is 0 Å². The maximum atomic E-state index is 13.0. The van der Waals surface area contributed by atoms with Gasteiger partial charge in [-0.05, 0) is 182 Å². The van der Waals surface area contributed by atoms with E-state index >= 15 is 0 Å². The van der Waals surface area contributed by atoms with Crippen LogP contribution in [0.25, 0.3) is 121 Å². The molecule has 0 spiro atoms. The molecular formula is C75H57N7. The Morgan fingerprint density at radius 1 is 0.280 bits per heavy atom. The number of nitriles is 1. The minimum atomic E-state index is 0.533. The topological polar surface area (TPSA) is 68.2 Å². The molecule has 0 bridgehead atoms. The van der Waals surface area contributed by atoms with Crippen molar-refractivity contribution < 1.29 is 0 Å². The molecule has 15 aromatic rings. The number of rotatable bonds is 7. The first-order valence-electron chi connectivity index (χ1n) is 28.2. The van der Waals surface area contributed by atoms with E-state index in [1.807, 2.05) is 30.3 Å². The van der Waals surface area contributed by atoms with Crippen LogP contribution in [0.5, 0.6) is 0 Å². The molecule has 11 aromatic carbocycles. The summed E-state index contributed by atoms with van der Waals surface area (Å²) in [5.74, 6) is 0. The summed E-state index contributed by atoms with van der Waals surface area (Å²) in [4.78, 5) is 0. The van der Waals surface area contributed by atoms with E-state index in [1.54, 1.807) is 0 Å². The lowest BCUT2D eigenvalue weighted by Crippen LogP contribution is -2.16. The normalized spacial score (nSPS) is 12.1. The van der Waals surface area contributed by atoms with Crippen molar-refractivity contribution in [3.63, 3.8) is 0 Å². The molecule has 15 rings (SSSR count). The Kier molecular flexibility index (Phi) is 10.9. The molecular weight excluding hydrogens is 999 g/mol. The van der Waals surface area contributed by atoms with Crippen molar-refractivity contribution in [3.8, 4) is 39.9 Å². The zero-order valence-electron chi connectivity index (χ0n) is 47.2. The van der Waals surface area contributed by atoms with Crippen molar-refractivity contribution in [2.75, 3.05) is 0 Å². The lowest BCUT2D eigenvalue weighted by molar-refractivity contribution is 1.03. The largest absolute Gasteiger partial charge is 0.306 e. The number of aromatic nitrogens is 4. The van der Waals surface area contributed by atoms with E-state index in [0.29, 0.717) is 5.56 Å². The highest BCUT2D eigenvalue weighted by molar-refractivity contribution is 6.17. The molecule has 0 aliphatic rings. The van der Waals surface area contributed by atoms with Crippen LogP contribution in [0.4, 0.5) is 11.4 Å². The summed E-state index contributed by atoms with van der Waals surface area (Å²) >= 11 is 0. The van der Waals surface area contributed by atoms with Gasteiger partial charge in [-0.2, -0.15) is 15.5 Å². The third-order valence-corrected chi connectivity index (χ3v) is 16.9. The molecule has 0 aliphatic carbocycles. The summed E-state index contributed by atoms with van der Waals surface area (Å²) in [5, 5.41) is 31.6. The zero-order valence-corrected chi connectivity index (χ0v) is 47.2. The fraction of sp³-hybridized carbons (Fsp3) is 0.107. The summed E-state index contributed by atoms with van der Waals surface area (Å²) in [5.41, 5.74) is 24.7. The maximum absolute atomic E-state index is 13.0. The van der Waals surface area contributed by atoms with Gasteiger partial charge in [-0.15, -0.1) is 0 Å². The first-order chi connectivity index (χ1) is 39.9. The van der Waals surface area contributed by atoms with Gasteiger partial charge in [0.05, 0.1) is 78.3 Å². The van der Waals surface area contributed by atoms with Gasteiger partial charge in [-0.3, -0.25) is 0 Å².